The second-order valence-corrected chi connectivity index (χ2v) is 10.8. The Labute approximate surface area is 238 Å². The molecular weight excluding hydrogens is 518 g/mol. The summed E-state index contributed by atoms with van der Waals surface area (Å²) in [5.74, 6) is -0.956. The lowest BCUT2D eigenvalue weighted by molar-refractivity contribution is -0.115. The summed E-state index contributed by atoms with van der Waals surface area (Å²) in [5, 5.41) is 8.23. The zero-order valence-electron chi connectivity index (χ0n) is 22.6. The highest BCUT2D eigenvalue weighted by Crippen LogP contribution is 2.27. The Kier molecular flexibility index (Phi) is 9.54. The fraction of sp³-hybridized carbons (Fsp3) is 0.121. The van der Waals surface area contributed by atoms with Crippen LogP contribution in [0.5, 0.6) is 0 Å². The summed E-state index contributed by atoms with van der Waals surface area (Å²) in [6, 6.07) is 31.3. The molecule has 0 saturated heterocycles. The average molecular weight is 550 g/mol. The number of aryl methyl sites for hydroxylation is 2. The van der Waals surface area contributed by atoms with Crippen molar-refractivity contribution in [1.82, 2.24) is 5.32 Å². The topological polar surface area (TPSA) is 87.3 Å². The third-order valence-electron chi connectivity index (χ3n) is 5.94. The first-order chi connectivity index (χ1) is 19.3. The summed E-state index contributed by atoms with van der Waals surface area (Å²) in [5.41, 5.74) is 4.75. The van der Waals surface area contributed by atoms with E-state index in [1.165, 1.54) is 11.8 Å². The molecule has 0 aliphatic heterocycles. The molecule has 3 amide bonds. The van der Waals surface area contributed by atoms with Gasteiger partial charge in [0.25, 0.3) is 11.8 Å². The van der Waals surface area contributed by atoms with Crippen LogP contribution in [0, 0.1) is 13.8 Å². The van der Waals surface area contributed by atoms with E-state index in [1.807, 2.05) is 93.6 Å². The minimum absolute atomic E-state index is 0.114. The molecule has 0 saturated carbocycles. The Bertz CT molecular complexity index is 1550. The fourth-order valence-electron chi connectivity index (χ4n) is 3.94. The van der Waals surface area contributed by atoms with Crippen molar-refractivity contribution in [2.24, 2.45) is 0 Å². The molecule has 1 unspecified atom stereocenters. The van der Waals surface area contributed by atoms with Gasteiger partial charge in [0, 0.05) is 21.8 Å². The molecule has 0 aliphatic carbocycles. The monoisotopic (exact) mass is 549 g/mol. The van der Waals surface area contributed by atoms with Crippen LogP contribution in [0.1, 0.15) is 34.0 Å². The van der Waals surface area contributed by atoms with Crippen LogP contribution >= 0.6 is 11.8 Å². The first-order valence-corrected chi connectivity index (χ1v) is 13.8. The Balaban J connectivity index is 1.48. The Morgan fingerprint density at radius 1 is 0.725 bits per heavy atom. The van der Waals surface area contributed by atoms with E-state index < -0.39 is 5.91 Å². The standard InChI is InChI=1S/C33H31N3O3S/c1-22-10-7-12-25(18-22)20-30(36-32(38)26-13-5-4-6-14-26)33(39)35-28-16-9-17-29(21-28)40-24(3)31(37)34-27-15-8-11-23(2)19-27/h4-21,24H,1-3H3,(H,34,37)(H,35,39)(H,36,38)/b30-20+. The zero-order valence-corrected chi connectivity index (χ0v) is 23.4. The molecule has 0 aromatic heterocycles. The summed E-state index contributed by atoms with van der Waals surface area (Å²) >= 11 is 1.39. The third kappa shape index (κ3) is 8.19. The largest absolute Gasteiger partial charge is 0.325 e. The van der Waals surface area contributed by atoms with Gasteiger partial charge in [-0.15, -0.1) is 11.8 Å². The molecule has 40 heavy (non-hydrogen) atoms. The van der Waals surface area contributed by atoms with Gasteiger partial charge in [-0.1, -0.05) is 66.2 Å². The predicted molar refractivity (Wildman–Crippen MR) is 163 cm³/mol. The molecule has 4 aromatic rings. The van der Waals surface area contributed by atoms with Crippen LogP contribution in [0.15, 0.2) is 114 Å². The van der Waals surface area contributed by atoms with Gasteiger partial charge in [-0.05, 0) is 80.4 Å². The van der Waals surface area contributed by atoms with E-state index in [0.717, 1.165) is 27.3 Å². The number of thioether (sulfide) groups is 1. The minimum atomic E-state index is -0.460. The molecule has 1 atom stereocenters. The Morgan fingerprint density at radius 2 is 1.38 bits per heavy atom. The van der Waals surface area contributed by atoms with Crippen molar-refractivity contribution < 1.29 is 14.4 Å². The number of hydrogen-bond acceptors (Lipinski definition) is 4. The van der Waals surface area contributed by atoms with Crippen LogP contribution in [0.3, 0.4) is 0 Å². The number of hydrogen-bond donors (Lipinski definition) is 3. The summed E-state index contributed by atoms with van der Waals surface area (Å²) in [6.07, 6.45) is 1.65. The number of anilines is 2. The van der Waals surface area contributed by atoms with Crippen molar-refractivity contribution >= 4 is 46.9 Å². The predicted octanol–water partition coefficient (Wildman–Crippen LogP) is 6.83. The van der Waals surface area contributed by atoms with Crippen LogP contribution in [0.4, 0.5) is 11.4 Å². The molecule has 3 N–H and O–H groups in total. The third-order valence-corrected chi connectivity index (χ3v) is 7.04. The second kappa shape index (κ2) is 13.4. The number of carbonyl (C=O) groups is 3. The van der Waals surface area contributed by atoms with Crippen molar-refractivity contribution in [3.8, 4) is 0 Å². The molecule has 0 radical (unpaired) electrons. The number of benzene rings is 4. The van der Waals surface area contributed by atoms with Crippen LogP contribution in [0.25, 0.3) is 6.08 Å². The lowest BCUT2D eigenvalue weighted by Crippen LogP contribution is -2.30. The highest BCUT2D eigenvalue weighted by atomic mass is 32.2. The maximum Gasteiger partial charge on any atom is 0.272 e. The molecule has 0 fully saturated rings. The molecule has 4 rings (SSSR count). The number of nitrogens with one attached hydrogen (secondary N) is 3. The van der Waals surface area contributed by atoms with E-state index in [4.69, 9.17) is 0 Å². The van der Waals surface area contributed by atoms with Gasteiger partial charge in [0.2, 0.25) is 5.91 Å². The number of amides is 3. The van der Waals surface area contributed by atoms with Gasteiger partial charge < -0.3 is 16.0 Å². The molecule has 4 aromatic carbocycles. The fourth-order valence-corrected chi connectivity index (χ4v) is 4.87. The quantitative estimate of drug-likeness (QED) is 0.158. The molecule has 202 valence electrons. The Hall–Kier alpha value is -4.62. The molecule has 0 bridgehead atoms. The van der Waals surface area contributed by atoms with Gasteiger partial charge in [-0.2, -0.15) is 0 Å². The normalized spacial score (nSPS) is 11.8. The van der Waals surface area contributed by atoms with Crippen LogP contribution in [0.2, 0.25) is 0 Å². The van der Waals surface area contributed by atoms with Gasteiger partial charge in [0.05, 0.1) is 5.25 Å². The van der Waals surface area contributed by atoms with Crippen molar-refractivity contribution in [2.75, 3.05) is 10.6 Å². The van der Waals surface area contributed by atoms with Gasteiger partial charge >= 0.3 is 0 Å². The van der Waals surface area contributed by atoms with Gasteiger partial charge in [-0.25, -0.2) is 0 Å². The smallest absolute Gasteiger partial charge is 0.272 e. The lowest BCUT2D eigenvalue weighted by Gasteiger charge is -2.14. The van der Waals surface area contributed by atoms with Crippen LogP contribution < -0.4 is 16.0 Å². The maximum absolute atomic E-state index is 13.4. The maximum atomic E-state index is 13.4. The molecule has 6 nitrogen and oxygen atoms in total. The van der Waals surface area contributed by atoms with Crippen LogP contribution in [-0.2, 0) is 9.59 Å². The second-order valence-electron chi connectivity index (χ2n) is 9.39. The molecule has 7 heteroatoms. The van der Waals surface area contributed by atoms with Gasteiger partial charge in [-0.3, -0.25) is 14.4 Å². The van der Waals surface area contributed by atoms with Crippen molar-refractivity contribution in [2.45, 2.75) is 30.9 Å². The average Bonchev–Trinajstić information content (AvgIpc) is 2.93. The number of rotatable bonds is 9. The van der Waals surface area contributed by atoms with Gasteiger partial charge in [0.1, 0.15) is 5.70 Å². The van der Waals surface area contributed by atoms with E-state index in [0.29, 0.717) is 11.3 Å². The highest BCUT2D eigenvalue weighted by molar-refractivity contribution is 8.00. The Morgan fingerprint density at radius 3 is 2.08 bits per heavy atom. The first kappa shape index (κ1) is 28.4. The van der Waals surface area contributed by atoms with E-state index >= 15 is 0 Å². The summed E-state index contributed by atoms with van der Waals surface area (Å²) in [6.45, 7) is 5.77. The molecule has 0 heterocycles. The summed E-state index contributed by atoms with van der Waals surface area (Å²) in [7, 11) is 0. The van der Waals surface area contributed by atoms with Crippen molar-refractivity contribution in [3.63, 3.8) is 0 Å². The number of carbonyl (C=O) groups excluding carboxylic acids is 3. The van der Waals surface area contributed by atoms with Crippen LogP contribution in [-0.4, -0.2) is 23.0 Å². The zero-order chi connectivity index (χ0) is 28.5. The molecule has 0 aliphatic rings. The van der Waals surface area contributed by atoms with Gasteiger partial charge in [0.15, 0.2) is 0 Å². The summed E-state index contributed by atoms with van der Waals surface area (Å²) < 4.78 is 0. The minimum Gasteiger partial charge on any atom is -0.325 e. The molecular formula is C33H31N3O3S. The SMILES string of the molecule is Cc1cccc(/C=C(/NC(=O)c2ccccc2)C(=O)Nc2cccc(SC(C)C(=O)Nc3cccc(C)c3)c2)c1. The van der Waals surface area contributed by atoms with E-state index in [9.17, 15) is 14.4 Å². The van der Waals surface area contributed by atoms with E-state index in [-0.39, 0.29) is 22.8 Å². The van der Waals surface area contributed by atoms with Crippen molar-refractivity contribution in [3.05, 3.63) is 131 Å². The summed E-state index contributed by atoms with van der Waals surface area (Å²) in [4.78, 5) is 39.8. The van der Waals surface area contributed by atoms with E-state index in [2.05, 4.69) is 16.0 Å². The lowest BCUT2D eigenvalue weighted by atomic mass is 10.1. The van der Waals surface area contributed by atoms with E-state index in [1.54, 1.807) is 36.4 Å². The van der Waals surface area contributed by atoms with Crippen molar-refractivity contribution in [1.29, 1.82) is 0 Å². The highest BCUT2D eigenvalue weighted by Gasteiger charge is 2.17. The molecule has 0 spiro atoms. The first-order valence-electron chi connectivity index (χ1n) is 12.9.